The van der Waals surface area contributed by atoms with Gasteiger partial charge >= 0.3 is 5.97 Å². The molecular formula is C14H16O3. The van der Waals surface area contributed by atoms with Gasteiger partial charge in [0.05, 0.1) is 11.7 Å². The van der Waals surface area contributed by atoms with Gasteiger partial charge in [-0.05, 0) is 42.5 Å². The lowest BCUT2D eigenvalue weighted by molar-refractivity contribution is 0.0530. The first-order valence-corrected chi connectivity index (χ1v) is 5.82. The lowest BCUT2D eigenvalue weighted by Gasteiger charge is -2.24. The second kappa shape index (κ2) is 5.15. The van der Waals surface area contributed by atoms with E-state index in [9.17, 15) is 4.79 Å². The van der Waals surface area contributed by atoms with Crippen LogP contribution in [0.15, 0.2) is 30.8 Å². The van der Waals surface area contributed by atoms with E-state index in [4.69, 9.17) is 9.84 Å². The van der Waals surface area contributed by atoms with E-state index >= 15 is 0 Å². The highest BCUT2D eigenvalue weighted by Crippen LogP contribution is 2.26. The van der Waals surface area contributed by atoms with Crippen LogP contribution in [0.4, 0.5) is 0 Å². The minimum Gasteiger partial charge on any atom is -0.478 e. The molecule has 0 aromatic heterocycles. The number of hydrogen-bond donors (Lipinski definition) is 1. The Bertz CT molecular complexity index is 414. The van der Waals surface area contributed by atoms with E-state index < -0.39 is 5.97 Å². The summed E-state index contributed by atoms with van der Waals surface area (Å²) in [7, 11) is 0. The van der Waals surface area contributed by atoms with Crippen LogP contribution in [-0.4, -0.2) is 23.8 Å². The number of ether oxygens (including phenoxy) is 1. The highest BCUT2D eigenvalue weighted by Gasteiger charge is 2.18. The van der Waals surface area contributed by atoms with Crippen LogP contribution in [0.3, 0.4) is 0 Å². The van der Waals surface area contributed by atoms with Crippen molar-refractivity contribution in [2.45, 2.75) is 25.4 Å². The number of hydrogen-bond acceptors (Lipinski definition) is 2. The Morgan fingerprint density at radius 2 is 1.88 bits per heavy atom. The smallest absolute Gasteiger partial charge is 0.335 e. The molecule has 1 aromatic carbocycles. The van der Waals surface area contributed by atoms with Crippen molar-refractivity contribution in [2.24, 2.45) is 0 Å². The number of benzene rings is 1. The first-order valence-electron chi connectivity index (χ1n) is 5.82. The lowest BCUT2D eigenvalue weighted by Crippen LogP contribution is -2.20. The quantitative estimate of drug-likeness (QED) is 0.871. The molecule has 1 N–H and O–H groups in total. The highest BCUT2D eigenvalue weighted by atomic mass is 16.5. The van der Waals surface area contributed by atoms with E-state index in [1.54, 1.807) is 24.3 Å². The SMILES string of the molecule is C=C(c1ccc(C(=O)O)cc1)C1CCCCO1. The molecule has 1 heterocycles. The fourth-order valence-electron chi connectivity index (χ4n) is 2.03. The molecule has 0 amide bonds. The van der Waals surface area contributed by atoms with Gasteiger partial charge in [0.25, 0.3) is 0 Å². The predicted octanol–water partition coefficient (Wildman–Crippen LogP) is 2.97. The van der Waals surface area contributed by atoms with E-state index in [0.717, 1.165) is 37.0 Å². The Hall–Kier alpha value is -1.61. The Morgan fingerprint density at radius 1 is 1.24 bits per heavy atom. The summed E-state index contributed by atoms with van der Waals surface area (Å²) in [6, 6.07) is 6.80. The first-order chi connectivity index (χ1) is 8.18. The van der Waals surface area contributed by atoms with Crippen molar-refractivity contribution in [2.75, 3.05) is 6.61 Å². The van der Waals surface area contributed by atoms with Gasteiger partial charge in [-0.1, -0.05) is 18.7 Å². The maximum atomic E-state index is 10.7. The van der Waals surface area contributed by atoms with Gasteiger partial charge in [-0.2, -0.15) is 0 Å². The minimum absolute atomic E-state index is 0.0828. The van der Waals surface area contributed by atoms with E-state index in [2.05, 4.69) is 6.58 Å². The fourth-order valence-corrected chi connectivity index (χ4v) is 2.03. The third kappa shape index (κ3) is 2.74. The summed E-state index contributed by atoms with van der Waals surface area (Å²) in [4.78, 5) is 10.7. The molecule has 1 aliphatic heterocycles. The van der Waals surface area contributed by atoms with Gasteiger partial charge in [0.15, 0.2) is 0 Å². The molecule has 2 rings (SSSR count). The summed E-state index contributed by atoms with van der Waals surface area (Å²) in [5.41, 5.74) is 2.20. The number of carboxylic acids is 1. The van der Waals surface area contributed by atoms with Gasteiger partial charge in [0.2, 0.25) is 0 Å². The second-order valence-electron chi connectivity index (χ2n) is 4.26. The Morgan fingerprint density at radius 3 is 2.41 bits per heavy atom. The largest absolute Gasteiger partial charge is 0.478 e. The van der Waals surface area contributed by atoms with Crippen LogP contribution < -0.4 is 0 Å². The summed E-state index contributed by atoms with van der Waals surface area (Å²) in [6.45, 7) is 4.84. The van der Waals surface area contributed by atoms with Crippen LogP contribution in [0.25, 0.3) is 5.57 Å². The van der Waals surface area contributed by atoms with Gasteiger partial charge in [-0.25, -0.2) is 4.79 Å². The molecule has 1 unspecified atom stereocenters. The summed E-state index contributed by atoms with van der Waals surface area (Å²) in [6.07, 6.45) is 3.36. The average Bonchev–Trinajstić information content (AvgIpc) is 2.39. The molecule has 1 saturated heterocycles. The van der Waals surface area contributed by atoms with E-state index in [1.165, 1.54) is 0 Å². The minimum atomic E-state index is -0.906. The number of aromatic carboxylic acids is 1. The van der Waals surface area contributed by atoms with Crippen molar-refractivity contribution < 1.29 is 14.6 Å². The van der Waals surface area contributed by atoms with E-state index in [-0.39, 0.29) is 6.10 Å². The zero-order valence-corrected chi connectivity index (χ0v) is 9.69. The van der Waals surface area contributed by atoms with Crippen molar-refractivity contribution in [3.8, 4) is 0 Å². The van der Waals surface area contributed by atoms with Gasteiger partial charge in [0.1, 0.15) is 0 Å². The Labute approximate surface area is 101 Å². The normalized spacial score (nSPS) is 19.9. The number of carbonyl (C=O) groups is 1. The second-order valence-corrected chi connectivity index (χ2v) is 4.26. The third-order valence-corrected chi connectivity index (χ3v) is 3.07. The number of carboxylic acid groups (broad SMARTS) is 1. The van der Waals surface area contributed by atoms with Gasteiger partial charge in [0, 0.05) is 6.61 Å². The third-order valence-electron chi connectivity index (χ3n) is 3.07. The average molecular weight is 232 g/mol. The Balaban J connectivity index is 2.10. The molecule has 0 radical (unpaired) electrons. The maximum absolute atomic E-state index is 10.7. The van der Waals surface area contributed by atoms with Crippen LogP contribution in [0, 0.1) is 0 Å². The summed E-state index contributed by atoms with van der Waals surface area (Å²) < 4.78 is 5.66. The zero-order chi connectivity index (χ0) is 12.3. The molecule has 90 valence electrons. The van der Waals surface area contributed by atoms with Crippen LogP contribution in [0.2, 0.25) is 0 Å². The van der Waals surface area contributed by atoms with Gasteiger partial charge in [-0.15, -0.1) is 0 Å². The van der Waals surface area contributed by atoms with Crippen LogP contribution in [0.5, 0.6) is 0 Å². The molecular weight excluding hydrogens is 216 g/mol. The molecule has 1 aliphatic rings. The molecule has 0 aliphatic carbocycles. The Kier molecular flexibility index (Phi) is 3.59. The predicted molar refractivity (Wildman–Crippen MR) is 66.0 cm³/mol. The molecule has 0 bridgehead atoms. The summed E-state index contributed by atoms with van der Waals surface area (Å²) in [5, 5.41) is 8.82. The molecule has 17 heavy (non-hydrogen) atoms. The summed E-state index contributed by atoms with van der Waals surface area (Å²) in [5.74, 6) is -0.906. The maximum Gasteiger partial charge on any atom is 0.335 e. The first kappa shape index (κ1) is 11.9. The van der Waals surface area contributed by atoms with Crippen molar-refractivity contribution in [3.63, 3.8) is 0 Å². The molecule has 1 aromatic rings. The molecule has 0 spiro atoms. The summed E-state index contributed by atoms with van der Waals surface area (Å²) >= 11 is 0. The molecule has 0 saturated carbocycles. The van der Waals surface area contributed by atoms with Crippen molar-refractivity contribution in [3.05, 3.63) is 42.0 Å². The van der Waals surface area contributed by atoms with Gasteiger partial charge < -0.3 is 9.84 Å². The molecule has 1 fully saturated rings. The molecule has 3 nitrogen and oxygen atoms in total. The van der Waals surface area contributed by atoms with Crippen molar-refractivity contribution >= 4 is 11.5 Å². The lowest BCUT2D eigenvalue weighted by atomic mass is 9.96. The van der Waals surface area contributed by atoms with Crippen LogP contribution in [-0.2, 0) is 4.74 Å². The van der Waals surface area contributed by atoms with Crippen LogP contribution >= 0.6 is 0 Å². The fraction of sp³-hybridized carbons (Fsp3) is 0.357. The molecule has 3 heteroatoms. The highest BCUT2D eigenvalue weighted by molar-refractivity contribution is 5.88. The van der Waals surface area contributed by atoms with E-state index in [0.29, 0.717) is 5.56 Å². The van der Waals surface area contributed by atoms with Gasteiger partial charge in [-0.3, -0.25) is 0 Å². The standard InChI is InChI=1S/C14H16O3/c1-10(13-4-2-3-9-17-13)11-5-7-12(8-6-11)14(15)16/h5-8,13H,1-4,9H2,(H,15,16). The number of rotatable bonds is 3. The van der Waals surface area contributed by atoms with Crippen molar-refractivity contribution in [1.29, 1.82) is 0 Å². The van der Waals surface area contributed by atoms with Crippen LogP contribution in [0.1, 0.15) is 35.2 Å². The van der Waals surface area contributed by atoms with Crippen molar-refractivity contribution in [1.82, 2.24) is 0 Å². The topological polar surface area (TPSA) is 46.5 Å². The van der Waals surface area contributed by atoms with E-state index in [1.807, 2.05) is 0 Å². The monoisotopic (exact) mass is 232 g/mol. The molecule has 1 atom stereocenters. The zero-order valence-electron chi connectivity index (χ0n) is 9.69.